The molecule has 0 unspecified atom stereocenters. The molecule has 0 fully saturated rings. The van der Waals surface area contributed by atoms with Gasteiger partial charge in [0.05, 0.1) is 69.6 Å². The van der Waals surface area contributed by atoms with Crippen LogP contribution in [-0.2, 0) is 62.6 Å². The lowest BCUT2D eigenvalue weighted by Crippen LogP contribution is -2.47. The zero-order chi connectivity index (χ0) is 77.6. The van der Waals surface area contributed by atoms with Gasteiger partial charge in [0, 0.05) is 133 Å². The predicted octanol–water partition coefficient (Wildman–Crippen LogP) is 9.08. The van der Waals surface area contributed by atoms with E-state index in [9.17, 15) is 52.7 Å². The Morgan fingerprint density at radius 3 is 0.953 bits per heavy atom. The summed E-state index contributed by atoms with van der Waals surface area (Å²) in [5, 5.41) is 36.3. The van der Waals surface area contributed by atoms with Crippen molar-refractivity contribution in [2.75, 3.05) is 26.2 Å². The third kappa shape index (κ3) is 14.5. The molecule has 0 radical (unpaired) electrons. The fraction of sp³-hybridized carbons (Fsp3) is 0.342. The van der Waals surface area contributed by atoms with Crippen molar-refractivity contribution < 1.29 is 63.0 Å². The Bertz CT molecular complexity index is 5450. The van der Waals surface area contributed by atoms with Crippen molar-refractivity contribution in [2.45, 2.75) is 130 Å². The molecular formula is C79H85N15O13. The van der Waals surface area contributed by atoms with Gasteiger partial charge in [-0.05, 0) is 131 Å². The number of amides is 5. The molecule has 5 amide bonds. The first-order chi connectivity index (χ1) is 50.1. The third-order valence-corrected chi connectivity index (χ3v) is 19.5. The molecule has 28 heteroatoms. The second-order valence-electron chi connectivity index (χ2n) is 31.2. The highest BCUT2D eigenvalue weighted by Gasteiger charge is 2.38. The number of fused-ring (bicyclic) bond motifs is 12. The maximum Gasteiger partial charge on any atom is 0.372 e. The highest BCUT2D eigenvalue weighted by Crippen LogP contribution is 2.36. The van der Waals surface area contributed by atoms with Gasteiger partial charge in [-0.1, -0.05) is 42.5 Å². The predicted molar refractivity (Wildman–Crippen MR) is 399 cm³/mol. The molecule has 11 heterocycles. The van der Waals surface area contributed by atoms with Crippen molar-refractivity contribution in [2.24, 2.45) is 21.1 Å². The van der Waals surface area contributed by atoms with E-state index in [-0.39, 0.29) is 117 Å². The van der Waals surface area contributed by atoms with Gasteiger partial charge >= 0.3 is 11.9 Å². The number of carbonyl (C=O) groups excluding carboxylic acids is 9. The molecule has 4 aromatic carbocycles. The zero-order valence-electron chi connectivity index (χ0n) is 62.3. The number of rotatable bonds is 13. The minimum absolute atomic E-state index is 0.00404. The SMILES string of the molecule is CC(=O)c1nc(CC(=O)c2ccc3cc4n(c3c2)C(C)(C)CNC4=O)cn1C.CC1(C)CNC(=O)c2cc3ccc(C(=O)O)cc3n21.Cn1cc(CC(=O)c2ccc3cc4n(c3c2)C(C)(C)CNC4=O)nc1C(=O)NC(C)(C)C.Cn1cc(CC(=O)c2ccc3cc4n(c3c2)C(C)(C)CNC4=O)nc1C(=O)O. The molecule has 28 nitrogen and oxygen atoms in total. The van der Waals surface area contributed by atoms with Crippen LogP contribution in [-0.4, -0.2) is 153 Å². The molecule has 0 atom stereocenters. The Labute approximate surface area is 614 Å². The van der Waals surface area contributed by atoms with E-state index in [1.807, 2.05) is 115 Å². The van der Waals surface area contributed by atoms with Gasteiger partial charge in [-0.2, -0.15) is 0 Å². The molecule has 0 saturated heterocycles. The highest BCUT2D eigenvalue weighted by atomic mass is 16.4. The summed E-state index contributed by atoms with van der Waals surface area (Å²) in [6, 6.07) is 28.6. The number of aromatic nitrogens is 10. The van der Waals surface area contributed by atoms with E-state index in [2.05, 4.69) is 69.2 Å². The van der Waals surface area contributed by atoms with E-state index in [1.165, 1.54) is 11.5 Å². The molecule has 15 rings (SSSR count). The van der Waals surface area contributed by atoms with Crippen LogP contribution in [0.15, 0.2) is 116 Å². The summed E-state index contributed by atoms with van der Waals surface area (Å²) < 4.78 is 12.6. The number of carboxylic acid groups (broad SMARTS) is 2. The molecule has 4 aliphatic heterocycles. The van der Waals surface area contributed by atoms with Gasteiger partial charge in [-0.25, -0.2) is 24.5 Å². The molecule has 0 saturated carbocycles. The zero-order valence-corrected chi connectivity index (χ0v) is 62.3. The molecule has 0 spiro atoms. The lowest BCUT2D eigenvalue weighted by Gasteiger charge is -2.34. The van der Waals surface area contributed by atoms with Crippen LogP contribution in [0.1, 0.15) is 215 Å². The first-order valence-corrected chi connectivity index (χ1v) is 34.8. The van der Waals surface area contributed by atoms with Gasteiger partial charge < -0.3 is 68.8 Å². The minimum Gasteiger partial charge on any atom is -0.478 e. The van der Waals surface area contributed by atoms with E-state index in [4.69, 9.17) is 10.2 Å². The molecule has 0 aliphatic carbocycles. The number of Topliss-reactive ketones (excluding diaryl/α,β-unsaturated/α-hetero) is 4. The number of hydrogen-bond acceptors (Lipinski definition) is 14. The van der Waals surface area contributed by atoms with Crippen LogP contribution in [0.25, 0.3) is 43.6 Å². The average Bonchev–Trinajstić information content (AvgIpc) is 1.62. The third-order valence-electron chi connectivity index (χ3n) is 19.5. The fourth-order valence-corrected chi connectivity index (χ4v) is 14.4. The number of aryl methyl sites for hydroxylation is 3. The van der Waals surface area contributed by atoms with Gasteiger partial charge in [-0.15, -0.1) is 0 Å². The van der Waals surface area contributed by atoms with Crippen LogP contribution >= 0.6 is 0 Å². The number of imidazole rings is 3. The number of benzene rings is 4. The van der Waals surface area contributed by atoms with E-state index >= 15 is 0 Å². The summed E-state index contributed by atoms with van der Waals surface area (Å²) in [5.41, 5.74) is 7.47. The van der Waals surface area contributed by atoms with Gasteiger partial charge in [0.15, 0.2) is 34.8 Å². The second kappa shape index (κ2) is 27.3. The molecule has 107 heavy (non-hydrogen) atoms. The lowest BCUT2D eigenvalue weighted by atomic mass is 10.0. The summed E-state index contributed by atoms with van der Waals surface area (Å²) in [4.78, 5) is 146. The molecule has 4 aliphatic rings. The quantitative estimate of drug-likeness (QED) is 0.0529. The Kier molecular flexibility index (Phi) is 19.0. The standard InChI is InChI=1S/C24H29N5O3.C21H22N4O3.C20H20N4O4.C14H14N2O3/c1-23(2,3)27-22(32)20-26-16(12-28(20)6)11-19(30)15-8-7-14-9-18-21(31)25-13-24(4,5)29(18)17(14)10-15;1-12(26)19-23-15(10-24(19)4)9-18(27)14-6-5-13-7-17-20(28)22-11-21(2,3)25(17)16(13)8-14;1-20(2)10-21-18(26)15-6-11-4-5-12(7-14(11)24(15)20)16(25)8-13-9-23(3)17(22-13)19(27)28;1-14(2)7-15-12(17)11-5-8-3-4-9(13(18)19)6-10(8)16(11)14/h7-10,12H,11,13H2,1-6H3,(H,25,31)(H,27,32);5-8,10H,9,11H2,1-4H3,(H,22,28);4-7,9H,8,10H2,1-3H3,(H,21,26)(H,27,28);3-6H,7H2,1-2H3,(H,15,17)(H,18,19). The largest absolute Gasteiger partial charge is 0.478 e. The highest BCUT2D eigenvalue weighted by molar-refractivity contribution is 6.08. The van der Waals surface area contributed by atoms with Gasteiger partial charge in [0.1, 0.15) is 22.8 Å². The maximum atomic E-state index is 13.1. The van der Waals surface area contributed by atoms with E-state index in [1.54, 1.807) is 97.4 Å². The molecule has 11 aromatic rings. The monoisotopic (exact) mass is 1450 g/mol. The van der Waals surface area contributed by atoms with Crippen LogP contribution in [0.4, 0.5) is 0 Å². The minimum atomic E-state index is -1.14. The van der Waals surface area contributed by atoms with Crippen molar-refractivity contribution in [1.29, 1.82) is 0 Å². The first kappa shape index (κ1) is 74.4. The summed E-state index contributed by atoms with van der Waals surface area (Å²) in [5.74, 6) is -2.80. The van der Waals surface area contributed by atoms with Gasteiger partial charge in [0.2, 0.25) is 5.82 Å². The second-order valence-corrected chi connectivity index (χ2v) is 31.2. The normalized spacial score (nSPS) is 15.7. The van der Waals surface area contributed by atoms with E-state index < -0.39 is 11.9 Å². The van der Waals surface area contributed by atoms with Crippen LogP contribution in [0, 0.1) is 0 Å². The number of ketones is 4. The number of aromatic carboxylic acids is 2. The maximum absolute atomic E-state index is 13.1. The van der Waals surface area contributed by atoms with Gasteiger partial charge in [-0.3, -0.25) is 43.2 Å². The topological polar surface area (TPSA) is 362 Å². The summed E-state index contributed by atoms with van der Waals surface area (Å²) in [6.45, 7) is 25.6. The van der Waals surface area contributed by atoms with Crippen molar-refractivity contribution in [3.8, 4) is 0 Å². The van der Waals surface area contributed by atoms with E-state index in [0.29, 0.717) is 88.6 Å². The van der Waals surface area contributed by atoms with Gasteiger partial charge in [0.25, 0.3) is 29.5 Å². The van der Waals surface area contributed by atoms with Crippen LogP contribution < -0.4 is 26.6 Å². The first-order valence-electron chi connectivity index (χ1n) is 34.8. The van der Waals surface area contributed by atoms with Crippen LogP contribution in [0.5, 0.6) is 0 Å². The van der Waals surface area contributed by atoms with Crippen molar-refractivity contribution in [3.05, 3.63) is 195 Å². The number of nitrogens with zero attached hydrogens (tertiary/aromatic N) is 10. The number of hydrogen-bond donors (Lipinski definition) is 7. The van der Waals surface area contributed by atoms with Crippen molar-refractivity contribution in [1.82, 2.24) is 73.5 Å². The van der Waals surface area contributed by atoms with Crippen LogP contribution in [0.3, 0.4) is 0 Å². The number of nitrogens with one attached hydrogen (secondary N) is 5. The van der Waals surface area contributed by atoms with Crippen LogP contribution in [0.2, 0.25) is 0 Å². The average molecular weight is 1450 g/mol. The van der Waals surface area contributed by atoms with Crippen molar-refractivity contribution in [3.63, 3.8) is 0 Å². The summed E-state index contributed by atoms with van der Waals surface area (Å²) in [7, 11) is 5.06. The Morgan fingerprint density at radius 2 is 0.682 bits per heavy atom. The Morgan fingerprint density at radius 1 is 0.411 bits per heavy atom. The fourth-order valence-electron chi connectivity index (χ4n) is 14.4. The molecule has 554 valence electrons. The molecule has 7 N–H and O–H groups in total. The number of carboxylic acids is 2. The summed E-state index contributed by atoms with van der Waals surface area (Å²) in [6.07, 6.45) is 5.17. The Hall–Kier alpha value is -12.4. The van der Waals surface area contributed by atoms with E-state index in [0.717, 1.165) is 43.6 Å². The smallest absolute Gasteiger partial charge is 0.372 e. The molecule has 7 aromatic heterocycles. The lowest BCUT2D eigenvalue weighted by molar-refractivity contribution is 0.0673. The molecular weight excluding hydrogens is 1370 g/mol. The number of carbonyl (C=O) groups is 11. The van der Waals surface area contributed by atoms with Crippen molar-refractivity contribution >= 4 is 108 Å². The molecule has 0 bridgehead atoms. The summed E-state index contributed by atoms with van der Waals surface area (Å²) >= 11 is 0. The Balaban J connectivity index is 0.000000135.